The van der Waals surface area contributed by atoms with Crippen LogP contribution < -0.4 is 0 Å². The minimum atomic E-state index is -4.58. The van der Waals surface area contributed by atoms with E-state index in [2.05, 4.69) is 9.83 Å². The highest BCUT2D eigenvalue weighted by molar-refractivity contribution is 5.69. The molecular weight excluding hydrogens is 373 g/mol. The molecule has 0 N–H and O–H groups in total. The Hall–Kier alpha value is -3.02. The van der Waals surface area contributed by atoms with Crippen LogP contribution in [-0.4, -0.2) is 39.2 Å². The molecule has 0 atom stereocenters. The van der Waals surface area contributed by atoms with Crippen LogP contribution in [0.25, 0.3) is 16.2 Å². The molecule has 0 bridgehead atoms. The molecule has 1 fully saturated rings. The lowest BCUT2D eigenvalue weighted by atomic mass is 10.1. The average Bonchev–Trinajstić information content (AvgIpc) is 2.97. The highest BCUT2D eigenvalue weighted by atomic mass is 19.4. The van der Waals surface area contributed by atoms with E-state index >= 15 is 0 Å². The van der Waals surface area contributed by atoms with Gasteiger partial charge in [0.2, 0.25) is 0 Å². The van der Waals surface area contributed by atoms with Gasteiger partial charge in [-0.15, -0.1) is 0 Å². The summed E-state index contributed by atoms with van der Waals surface area (Å²) in [7, 11) is 0. The van der Waals surface area contributed by atoms with Gasteiger partial charge < -0.3 is 14.2 Å². The Morgan fingerprint density at radius 1 is 1.21 bits per heavy atom. The Morgan fingerprint density at radius 3 is 2.32 bits per heavy atom. The molecule has 2 heterocycles. The highest BCUT2D eigenvalue weighted by Crippen LogP contribution is 2.35. The van der Waals surface area contributed by atoms with E-state index in [-0.39, 0.29) is 25.0 Å². The van der Waals surface area contributed by atoms with Crippen molar-refractivity contribution in [1.29, 1.82) is 0 Å². The standard InChI is InChI=1S/C19H19F3N4O2/c1-18(2,3)28-17(27)25-9-14(10-25)26-11-15(19(20,21)22)24-16(26)12-5-7-13(23-4)8-6-12/h5-8,11,14H,9-10H2,1-3H3. The number of aromatic nitrogens is 2. The fraction of sp³-hybridized carbons (Fsp3) is 0.421. The monoisotopic (exact) mass is 392 g/mol. The van der Waals surface area contributed by atoms with Crippen LogP contribution >= 0.6 is 0 Å². The number of amides is 1. The third kappa shape index (κ3) is 4.11. The van der Waals surface area contributed by atoms with Crippen LogP contribution in [-0.2, 0) is 10.9 Å². The molecule has 0 spiro atoms. The molecule has 2 aromatic rings. The molecule has 0 unspecified atom stereocenters. The number of nitrogens with zero attached hydrogens (tertiary/aromatic N) is 4. The molecular formula is C19H19F3N4O2. The maximum absolute atomic E-state index is 13.2. The summed E-state index contributed by atoms with van der Waals surface area (Å²) in [5.74, 6) is 0.151. The number of benzene rings is 1. The summed E-state index contributed by atoms with van der Waals surface area (Å²) in [5.41, 5.74) is -0.778. The lowest BCUT2D eigenvalue weighted by molar-refractivity contribution is -0.141. The summed E-state index contributed by atoms with van der Waals surface area (Å²) in [5, 5.41) is 0. The van der Waals surface area contributed by atoms with Gasteiger partial charge in [-0.05, 0) is 20.8 Å². The van der Waals surface area contributed by atoms with Crippen molar-refractivity contribution in [1.82, 2.24) is 14.5 Å². The van der Waals surface area contributed by atoms with Crippen molar-refractivity contribution < 1.29 is 22.7 Å². The molecule has 1 aromatic heterocycles. The molecule has 148 valence electrons. The molecule has 1 aromatic carbocycles. The summed E-state index contributed by atoms with van der Waals surface area (Å²) < 4.78 is 46.3. The number of carbonyl (C=O) groups is 1. The molecule has 0 saturated carbocycles. The van der Waals surface area contributed by atoms with E-state index in [1.807, 2.05) is 0 Å². The minimum absolute atomic E-state index is 0.151. The third-order valence-corrected chi connectivity index (χ3v) is 4.18. The number of hydrogen-bond acceptors (Lipinski definition) is 3. The zero-order valence-electron chi connectivity index (χ0n) is 15.6. The van der Waals surface area contributed by atoms with Crippen molar-refractivity contribution >= 4 is 11.8 Å². The second kappa shape index (κ2) is 6.86. The van der Waals surface area contributed by atoms with Gasteiger partial charge in [0.1, 0.15) is 11.4 Å². The van der Waals surface area contributed by atoms with Gasteiger partial charge in [-0.1, -0.05) is 24.3 Å². The Labute approximate surface area is 160 Å². The smallest absolute Gasteiger partial charge is 0.434 e. The van der Waals surface area contributed by atoms with E-state index in [0.717, 1.165) is 6.20 Å². The fourth-order valence-corrected chi connectivity index (χ4v) is 2.81. The summed E-state index contributed by atoms with van der Waals surface area (Å²) in [6.07, 6.45) is -4.11. The normalized spacial score (nSPS) is 15.1. The summed E-state index contributed by atoms with van der Waals surface area (Å²) >= 11 is 0. The third-order valence-electron chi connectivity index (χ3n) is 4.18. The molecule has 3 rings (SSSR count). The number of halogens is 3. The first kappa shape index (κ1) is 19.7. The van der Waals surface area contributed by atoms with E-state index in [1.165, 1.54) is 21.6 Å². The second-order valence-electron chi connectivity index (χ2n) is 7.55. The number of ether oxygens (including phenoxy) is 1. The van der Waals surface area contributed by atoms with E-state index in [0.29, 0.717) is 11.3 Å². The van der Waals surface area contributed by atoms with Crippen LogP contribution in [0.5, 0.6) is 0 Å². The Kier molecular flexibility index (Phi) is 4.83. The first-order valence-corrected chi connectivity index (χ1v) is 8.60. The average molecular weight is 392 g/mol. The van der Waals surface area contributed by atoms with Crippen LogP contribution in [0.3, 0.4) is 0 Å². The van der Waals surface area contributed by atoms with E-state index in [1.54, 1.807) is 32.9 Å². The topological polar surface area (TPSA) is 51.7 Å². The van der Waals surface area contributed by atoms with Crippen molar-refractivity contribution in [2.75, 3.05) is 13.1 Å². The molecule has 9 heteroatoms. The van der Waals surface area contributed by atoms with Gasteiger partial charge in [0.25, 0.3) is 0 Å². The van der Waals surface area contributed by atoms with Crippen molar-refractivity contribution in [3.05, 3.63) is 47.6 Å². The van der Waals surface area contributed by atoms with Crippen molar-refractivity contribution in [2.45, 2.75) is 38.6 Å². The maximum Gasteiger partial charge on any atom is 0.434 e. The molecule has 1 amide bonds. The van der Waals surface area contributed by atoms with Gasteiger partial charge in [-0.2, -0.15) is 13.2 Å². The second-order valence-corrected chi connectivity index (χ2v) is 7.55. The lowest BCUT2D eigenvalue weighted by Crippen LogP contribution is -2.52. The van der Waals surface area contributed by atoms with Crippen LogP contribution in [0.2, 0.25) is 0 Å². The SMILES string of the molecule is [C-]#[N+]c1ccc(-c2nc(C(F)(F)F)cn2C2CN(C(=O)OC(C)(C)C)C2)cc1. The zero-order valence-corrected chi connectivity index (χ0v) is 15.6. The van der Waals surface area contributed by atoms with Gasteiger partial charge >= 0.3 is 12.3 Å². The van der Waals surface area contributed by atoms with Gasteiger partial charge in [0.05, 0.1) is 12.6 Å². The molecule has 0 radical (unpaired) electrons. The molecule has 6 nitrogen and oxygen atoms in total. The molecule has 1 aliphatic heterocycles. The van der Waals surface area contributed by atoms with Crippen molar-refractivity contribution in [2.24, 2.45) is 0 Å². The number of rotatable bonds is 2. The van der Waals surface area contributed by atoms with Gasteiger partial charge in [-0.25, -0.2) is 14.6 Å². The molecule has 1 aliphatic rings. The Morgan fingerprint density at radius 2 is 1.82 bits per heavy atom. The minimum Gasteiger partial charge on any atom is -0.444 e. The largest absolute Gasteiger partial charge is 0.444 e. The van der Waals surface area contributed by atoms with E-state index in [9.17, 15) is 18.0 Å². The number of carbonyl (C=O) groups excluding carboxylic acids is 1. The quantitative estimate of drug-likeness (QED) is 0.683. The van der Waals surface area contributed by atoms with E-state index < -0.39 is 23.6 Å². The summed E-state index contributed by atoms with van der Waals surface area (Å²) in [6.45, 7) is 12.7. The first-order chi connectivity index (χ1) is 13.0. The maximum atomic E-state index is 13.2. The molecule has 28 heavy (non-hydrogen) atoms. The van der Waals surface area contributed by atoms with Crippen LogP contribution in [0.15, 0.2) is 30.5 Å². The summed E-state index contributed by atoms with van der Waals surface area (Å²) in [6, 6.07) is 5.85. The van der Waals surface area contributed by atoms with Gasteiger partial charge in [0, 0.05) is 24.8 Å². The van der Waals surface area contributed by atoms with E-state index in [4.69, 9.17) is 11.3 Å². The molecule has 1 saturated heterocycles. The van der Waals surface area contributed by atoms with Crippen molar-refractivity contribution in [3.8, 4) is 11.4 Å². The predicted octanol–water partition coefficient (Wildman–Crippen LogP) is 4.91. The molecule has 0 aliphatic carbocycles. The zero-order chi connectivity index (χ0) is 20.7. The number of imidazole rings is 1. The predicted molar refractivity (Wildman–Crippen MR) is 95.8 cm³/mol. The van der Waals surface area contributed by atoms with Crippen LogP contribution in [0.1, 0.15) is 32.5 Å². The Balaban J connectivity index is 1.86. The van der Waals surface area contributed by atoms with Crippen molar-refractivity contribution in [3.63, 3.8) is 0 Å². The fourth-order valence-electron chi connectivity index (χ4n) is 2.81. The summed E-state index contributed by atoms with van der Waals surface area (Å²) in [4.78, 5) is 20.6. The Bertz CT molecular complexity index is 915. The van der Waals surface area contributed by atoms with Crippen LogP contribution in [0, 0.1) is 6.57 Å². The van der Waals surface area contributed by atoms with Gasteiger partial charge in [-0.3, -0.25) is 0 Å². The van der Waals surface area contributed by atoms with Gasteiger partial charge in [0.15, 0.2) is 11.4 Å². The number of alkyl halides is 3. The highest BCUT2D eigenvalue weighted by Gasteiger charge is 2.39. The number of hydrogen-bond donors (Lipinski definition) is 0. The lowest BCUT2D eigenvalue weighted by Gasteiger charge is -2.40. The van der Waals surface area contributed by atoms with Crippen LogP contribution in [0.4, 0.5) is 23.7 Å². The number of likely N-dealkylation sites (tertiary alicyclic amines) is 1. The first-order valence-electron chi connectivity index (χ1n) is 8.60.